The third kappa shape index (κ3) is 4.82. The number of carbonyl (C=O) groups is 1. The van der Waals surface area contributed by atoms with E-state index < -0.39 is 0 Å². The van der Waals surface area contributed by atoms with E-state index in [4.69, 9.17) is 5.26 Å². The highest BCUT2D eigenvalue weighted by Crippen LogP contribution is 2.17. The van der Waals surface area contributed by atoms with Crippen molar-refractivity contribution < 1.29 is 4.79 Å². The fourth-order valence-electron chi connectivity index (χ4n) is 2.28. The first-order valence-electron chi connectivity index (χ1n) is 7.67. The zero-order valence-corrected chi connectivity index (χ0v) is 13.4. The topological polar surface area (TPSA) is 52.9 Å². The molecule has 0 aliphatic carbocycles. The lowest BCUT2D eigenvalue weighted by molar-refractivity contribution is -0.117. The fraction of sp³-hybridized carbons (Fsp3) is 0.200. The van der Waals surface area contributed by atoms with Crippen molar-refractivity contribution in [1.82, 2.24) is 5.32 Å². The molecule has 1 amide bonds. The molecule has 3 nitrogen and oxygen atoms in total. The first kappa shape index (κ1) is 16.5. The predicted molar refractivity (Wildman–Crippen MR) is 92.5 cm³/mol. The van der Waals surface area contributed by atoms with Gasteiger partial charge in [-0.2, -0.15) is 5.26 Å². The van der Waals surface area contributed by atoms with Gasteiger partial charge in [-0.1, -0.05) is 48.9 Å². The number of benzene rings is 2. The third-order valence-corrected chi connectivity index (χ3v) is 3.67. The molecule has 2 aromatic rings. The zero-order chi connectivity index (χ0) is 16.7. The van der Waals surface area contributed by atoms with Gasteiger partial charge in [0.15, 0.2) is 0 Å². The Balaban J connectivity index is 2.00. The molecule has 1 atom stereocenters. The average Bonchev–Trinajstić information content (AvgIpc) is 2.59. The molecule has 2 rings (SSSR count). The summed E-state index contributed by atoms with van der Waals surface area (Å²) in [7, 11) is 0. The first-order chi connectivity index (χ1) is 11.1. The number of hydrogen-bond acceptors (Lipinski definition) is 2. The van der Waals surface area contributed by atoms with Crippen molar-refractivity contribution in [2.75, 3.05) is 0 Å². The van der Waals surface area contributed by atoms with E-state index >= 15 is 0 Å². The molecule has 23 heavy (non-hydrogen) atoms. The van der Waals surface area contributed by atoms with Crippen LogP contribution in [0.25, 0.3) is 6.08 Å². The van der Waals surface area contributed by atoms with E-state index in [2.05, 4.69) is 30.4 Å². The molecule has 0 saturated heterocycles. The molecule has 0 saturated carbocycles. The van der Waals surface area contributed by atoms with Crippen molar-refractivity contribution in [3.63, 3.8) is 0 Å². The SMILES string of the molecule is CCC(NC(=O)/C=C/c1ccc(C#N)cc1)c1ccc(C)cc1. The molecule has 1 N–H and O–H groups in total. The summed E-state index contributed by atoms with van der Waals surface area (Å²) in [5.74, 6) is -0.123. The molecule has 0 aromatic heterocycles. The summed E-state index contributed by atoms with van der Waals surface area (Å²) in [6.45, 7) is 4.10. The van der Waals surface area contributed by atoms with Gasteiger partial charge in [0, 0.05) is 6.08 Å². The maximum Gasteiger partial charge on any atom is 0.244 e. The number of nitriles is 1. The van der Waals surface area contributed by atoms with Crippen molar-refractivity contribution >= 4 is 12.0 Å². The van der Waals surface area contributed by atoms with Crippen molar-refractivity contribution in [1.29, 1.82) is 5.26 Å². The molecule has 1 unspecified atom stereocenters. The first-order valence-corrected chi connectivity index (χ1v) is 7.67. The van der Waals surface area contributed by atoms with E-state index in [9.17, 15) is 4.79 Å². The quantitative estimate of drug-likeness (QED) is 0.844. The van der Waals surface area contributed by atoms with Crippen LogP contribution in [-0.2, 0) is 4.79 Å². The highest BCUT2D eigenvalue weighted by Gasteiger charge is 2.10. The Labute approximate surface area is 137 Å². The van der Waals surface area contributed by atoms with E-state index in [0.717, 1.165) is 17.5 Å². The second-order valence-electron chi connectivity index (χ2n) is 5.45. The van der Waals surface area contributed by atoms with Crippen LogP contribution in [0.2, 0.25) is 0 Å². The van der Waals surface area contributed by atoms with Gasteiger partial charge in [-0.3, -0.25) is 4.79 Å². The van der Waals surface area contributed by atoms with Gasteiger partial charge in [-0.25, -0.2) is 0 Å². The largest absolute Gasteiger partial charge is 0.346 e. The zero-order valence-electron chi connectivity index (χ0n) is 13.4. The lowest BCUT2D eigenvalue weighted by Gasteiger charge is -2.16. The van der Waals surface area contributed by atoms with Gasteiger partial charge >= 0.3 is 0 Å². The lowest BCUT2D eigenvalue weighted by Crippen LogP contribution is -2.26. The van der Waals surface area contributed by atoms with E-state index in [1.165, 1.54) is 11.6 Å². The van der Waals surface area contributed by atoms with E-state index in [1.54, 1.807) is 18.2 Å². The van der Waals surface area contributed by atoms with Crippen molar-refractivity contribution in [2.45, 2.75) is 26.3 Å². The molecule has 2 aromatic carbocycles. The lowest BCUT2D eigenvalue weighted by atomic mass is 10.0. The summed E-state index contributed by atoms with van der Waals surface area (Å²) in [6, 6.07) is 17.4. The molecule has 116 valence electrons. The van der Waals surface area contributed by atoms with Crippen LogP contribution >= 0.6 is 0 Å². The van der Waals surface area contributed by atoms with E-state index in [1.807, 2.05) is 31.2 Å². The Hall–Kier alpha value is -2.86. The molecule has 0 aliphatic rings. The minimum atomic E-state index is -0.123. The van der Waals surface area contributed by atoms with E-state index in [0.29, 0.717) is 5.56 Å². The average molecular weight is 304 g/mol. The number of amides is 1. The van der Waals surface area contributed by atoms with Crippen LogP contribution in [0, 0.1) is 18.3 Å². The van der Waals surface area contributed by atoms with Crippen LogP contribution in [0.3, 0.4) is 0 Å². The number of nitrogens with zero attached hydrogens (tertiary/aromatic N) is 1. The van der Waals surface area contributed by atoms with Crippen LogP contribution in [0.4, 0.5) is 0 Å². The molecule has 0 fully saturated rings. The molecular weight excluding hydrogens is 284 g/mol. The Morgan fingerprint density at radius 2 is 1.83 bits per heavy atom. The summed E-state index contributed by atoms with van der Waals surface area (Å²) >= 11 is 0. The Morgan fingerprint density at radius 3 is 2.39 bits per heavy atom. The highest BCUT2D eigenvalue weighted by atomic mass is 16.1. The van der Waals surface area contributed by atoms with Crippen molar-refractivity contribution in [3.8, 4) is 6.07 Å². The summed E-state index contributed by atoms with van der Waals surface area (Å²) in [5, 5.41) is 11.8. The van der Waals surface area contributed by atoms with E-state index in [-0.39, 0.29) is 11.9 Å². The van der Waals surface area contributed by atoms with Crippen LogP contribution in [0.1, 0.15) is 41.6 Å². The van der Waals surface area contributed by atoms with Crippen LogP contribution < -0.4 is 5.32 Å². The molecular formula is C20H20N2O. The normalized spacial score (nSPS) is 11.9. The minimum absolute atomic E-state index is 0.00807. The molecule has 0 radical (unpaired) electrons. The fourth-order valence-corrected chi connectivity index (χ4v) is 2.28. The van der Waals surface area contributed by atoms with Gasteiger partial charge in [0.2, 0.25) is 5.91 Å². The smallest absolute Gasteiger partial charge is 0.244 e. The second-order valence-corrected chi connectivity index (χ2v) is 5.45. The molecule has 0 bridgehead atoms. The third-order valence-electron chi connectivity index (χ3n) is 3.67. The summed E-state index contributed by atoms with van der Waals surface area (Å²) in [4.78, 5) is 12.1. The predicted octanol–water partition coefficient (Wildman–Crippen LogP) is 4.15. The summed E-state index contributed by atoms with van der Waals surface area (Å²) < 4.78 is 0. The minimum Gasteiger partial charge on any atom is -0.346 e. The highest BCUT2D eigenvalue weighted by molar-refractivity contribution is 5.92. The standard InChI is InChI=1S/C20H20N2O/c1-3-19(18-11-4-15(2)5-12-18)22-20(23)13-10-16-6-8-17(14-21)9-7-16/h4-13,19H,3H2,1-2H3,(H,22,23)/b13-10+. The van der Waals surface area contributed by atoms with Crippen LogP contribution in [0.5, 0.6) is 0 Å². The van der Waals surface area contributed by atoms with Gasteiger partial charge in [0.05, 0.1) is 17.7 Å². The molecule has 0 heterocycles. The van der Waals surface area contributed by atoms with Crippen LogP contribution in [-0.4, -0.2) is 5.91 Å². The Morgan fingerprint density at radius 1 is 1.17 bits per heavy atom. The number of aryl methyl sites for hydroxylation is 1. The number of hydrogen-bond donors (Lipinski definition) is 1. The van der Waals surface area contributed by atoms with Gasteiger partial charge in [0.1, 0.15) is 0 Å². The second kappa shape index (κ2) is 7.95. The van der Waals surface area contributed by atoms with Gasteiger partial charge in [-0.05, 0) is 42.7 Å². The molecule has 0 aliphatic heterocycles. The maximum atomic E-state index is 12.1. The molecule has 0 spiro atoms. The number of rotatable bonds is 5. The Kier molecular flexibility index (Phi) is 5.71. The van der Waals surface area contributed by atoms with Gasteiger partial charge in [-0.15, -0.1) is 0 Å². The van der Waals surface area contributed by atoms with Gasteiger partial charge in [0.25, 0.3) is 0 Å². The van der Waals surface area contributed by atoms with Crippen molar-refractivity contribution in [3.05, 3.63) is 76.9 Å². The Bertz CT molecular complexity index is 722. The number of carbonyl (C=O) groups excluding carboxylic acids is 1. The summed E-state index contributed by atoms with van der Waals surface area (Å²) in [6.07, 6.45) is 4.11. The van der Waals surface area contributed by atoms with Crippen LogP contribution in [0.15, 0.2) is 54.6 Å². The van der Waals surface area contributed by atoms with Gasteiger partial charge < -0.3 is 5.32 Å². The van der Waals surface area contributed by atoms with Crippen molar-refractivity contribution in [2.24, 2.45) is 0 Å². The monoisotopic (exact) mass is 304 g/mol. The summed E-state index contributed by atoms with van der Waals surface area (Å²) in [5.41, 5.74) is 3.81. The number of nitrogens with one attached hydrogen (secondary N) is 1. The maximum absolute atomic E-state index is 12.1. The molecule has 3 heteroatoms.